The minimum Gasteiger partial charge on any atom is -0.310 e. The van der Waals surface area contributed by atoms with Gasteiger partial charge in [0.25, 0.3) is 0 Å². The molecule has 2 spiro atoms. The van der Waals surface area contributed by atoms with E-state index in [1.165, 1.54) is 171 Å². The highest BCUT2D eigenvalue weighted by Crippen LogP contribution is 2.67. The number of aryl methyl sites for hydroxylation is 4. The molecule has 0 aromatic heterocycles. The van der Waals surface area contributed by atoms with E-state index in [1.54, 1.807) is 0 Å². The molecule has 0 aliphatic heterocycles. The molecule has 2 nitrogen and oxygen atoms in total. The highest BCUT2D eigenvalue weighted by atomic mass is 15.1. The van der Waals surface area contributed by atoms with E-state index >= 15 is 0 Å². The average molecular weight is 1240 g/mol. The predicted molar refractivity (Wildman–Crippen MR) is 408 cm³/mol. The van der Waals surface area contributed by atoms with Gasteiger partial charge in [0.2, 0.25) is 0 Å². The van der Waals surface area contributed by atoms with E-state index in [4.69, 9.17) is 0 Å². The second kappa shape index (κ2) is 20.6. The Morgan fingerprint density at radius 3 is 1.31 bits per heavy atom. The third-order valence-electron chi connectivity index (χ3n) is 22.7. The molecule has 0 N–H and O–H groups in total. The lowest BCUT2D eigenvalue weighted by Gasteiger charge is -2.32. The number of anilines is 6. The molecule has 0 fully saturated rings. The third-order valence-corrected chi connectivity index (χ3v) is 22.7. The Morgan fingerprint density at radius 1 is 0.227 bits per heavy atom. The van der Waals surface area contributed by atoms with Crippen molar-refractivity contribution in [3.8, 4) is 55.6 Å². The van der Waals surface area contributed by atoms with Gasteiger partial charge < -0.3 is 9.80 Å². The summed E-state index contributed by atoms with van der Waals surface area (Å²) >= 11 is 0. The normalized spacial score (nSPS) is 13.6. The Hall–Kier alpha value is -11.8. The van der Waals surface area contributed by atoms with Crippen LogP contribution in [0.5, 0.6) is 0 Å². The van der Waals surface area contributed by atoms with E-state index in [-0.39, 0.29) is 0 Å². The largest absolute Gasteiger partial charge is 0.310 e. The molecule has 0 radical (unpaired) electrons. The molecule has 0 saturated carbocycles. The van der Waals surface area contributed by atoms with Crippen LogP contribution in [0, 0.1) is 34.6 Å². The van der Waals surface area contributed by atoms with Crippen molar-refractivity contribution in [1.82, 2.24) is 0 Å². The van der Waals surface area contributed by atoms with Crippen LogP contribution in [0.15, 0.2) is 309 Å². The van der Waals surface area contributed by atoms with Gasteiger partial charge in [-0.05, 0) is 297 Å². The zero-order valence-corrected chi connectivity index (χ0v) is 54.8. The maximum absolute atomic E-state index is 2.55. The summed E-state index contributed by atoms with van der Waals surface area (Å²) in [6, 6.07) is 119. The summed E-state index contributed by atoms with van der Waals surface area (Å²) in [6.45, 7) is 11.2. The molecule has 0 heterocycles. The van der Waals surface area contributed by atoms with Crippen molar-refractivity contribution >= 4 is 77.2 Å². The molecule has 456 valence electrons. The molecule has 0 bridgehead atoms. The fourth-order valence-corrected chi connectivity index (χ4v) is 18.3. The Balaban J connectivity index is 0.762. The second-order valence-electron chi connectivity index (χ2n) is 27.7. The van der Waals surface area contributed by atoms with Gasteiger partial charge >= 0.3 is 0 Å². The van der Waals surface area contributed by atoms with Gasteiger partial charge in [-0.3, -0.25) is 0 Å². The van der Waals surface area contributed by atoms with Crippen molar-refractivity contribution in [1.29, 1.82) is 0 Å². The van der Waals surface area contributed by atoms with E-state index in [0.29, 0.717) is 0 Å². The molecule has 4 aliphatic rings. The van der Waals surface area contributed by atoms with Crippen LogP contribution >= 0.6 is 0 Å². The average Bonchev–Trinajstić information content (AvgIpc) is 1.51. The summed E-state index contributed by atoms with van der Waals surface area (Å²) in [7, 11) is 0. The molecular weight excluding hydrogens is 1170 g/mol. The van der Waals surface area contributed by atoms with Crippen molar-refractivity contribution < 1.29 is 0 Å². The van der Waals surface area contributed by atoms with E-state index in [2.05, 4.69) is 354 Å². The number of hydrogen-bond acceptors (Lipinski definition) is 2. The zero-order chi connectivity index (χ0) is 64.6. The fourth-order valence-electron chi connectivity index (χ4n) is 18.3. The molecular formula is C95H66N2. The van der Waals surface area contributed by atoms with E-state index < -0.39 is 10.8 Å². The summed E-state index contributed by atoms with van der Waals surface area (Å²) in [5.74, 6) is 0. The Bertz CT molecular complexity index is 5990. The second-order valence-corrected chi connectivity index (χ2v) is 27.7. The van der Waals surface area contributed by atoms with Gasteiger partial charge in [-0.2, -0.15) is 0 Å². The molecule has 2 heteroatoms. The molecule has 16 aromatic rings. The fraction of sp³-hybridized carbons (Fsp3) is 0.0737. The number of fused-ring (bicyclic) bond motifs is 26. The van der Waals surface area contributed by atoms with Gasteiger partial charge in [-0.15, -0.1) is 0 Å². The van der Waals surface area contributed by atoms with Crippen molar-refractivity contribution in [3.05, 3.63) is 382 Å². The molecule has 20 rings (SSSR count). The van der Waals surface area contributed by atoms with Crippen LogP contribution in [0.2, 0.25) is 0 Å². The highest BCUT2D eigenvalue weighted by molar-refractivity contribution is 6.11. The summed E-state index contributed by atoms with van der Waals surface area (Å²) in [5.41, 5.74) is 35.6. The van der Waals surface area contributed by atoms with Gasteiger partial charge in [-0.25, -0.2) is 0 Å². The standard InChI is InChI=1S/C95H66N2/c1-57-37-38-58(2)91(47-57)97(71-43-40-64-53-83-81-44-41-62-21-9-10-26-74(62)92(81)94(89(83)56-67(64)52-71)85-33-15-11-27-76(85)77-28-12-16-34-86(77)94)69-25-19-22-65(50-69)73-31-20-32-80-75(73)45-46-82-84-54-63-39-42-70(96(68-23-7-6-8-24-68)72-48-59(3)61(5)60(4)49-72)51-66(63)55-90(84)95(93(80)82)87-35-17-13-29-78(87)79-30-14-18-36-88(79)95/h6-56H,1-5H3. The van der Waals surface area contributed by atoms with Crippen LogP contribution in [-0.2, 0) is 10.8 Å². The Labute approximate surface area is 566 Å². The quantitative estimate of drug-likeness (QED) is 0.157. The molecule has 97 heavy (non-hydrogen) atoms. The monoisotopic (exact) mass is 1230 g/mol. The van der Waals surface area contributed by atoms with Crippen molar-refractivity contribution in [3.63, 3.8) is 0 Å². The SMILES string of the molecule is Cc1ccc(C)c(N(c2cccc(-c3cccc4c5c(ccc34)-c3cc4ccc(N(c6ccccc6)c6cc(C)c(C)c(C)c6)cc4cc3C53c4ccccc4-c4ccccc43)c2)c2ccc3cc4c(cc3c2)C2(c3ccccc3-c3ccccc32)c2c-4ccc3ccccc23)c1. The van der Waals surface area contributed by atoms with Crippen molar-refractivity contribution in [2.24, 2.45) is 0 Å². The van der Waals surface area contributed by atoms with Crippen LogP contribution in [0.4, 0.5) is 34.1 Å². The van der Waals surface area contributed by atoms with Crippen LogP contribution in [0.25, 0.3) is 98.7 Å². The Morgan fingerprint density at radius 2 is 0.701 bits per heavy atom. The lowest BCUT2D eigenvalue weighted by atomic mass is 9.69. The number of hydrogen-bond donors (Lipinski definition) is 0. The first-order valence-corrected chi connectivity index (χ1v) is 34.2. The van der Waals surface area contributed by atoms with Crippen molar-refractivity contribution in [2.45, 2.75) is 45.4 Å². The number of para-hydroxylation sites is 1. The lowest BCUT2D eigenvalue weighted by molar-refractivity contribution is 0.802. The minimum absolute atomic E-state index is 0.500. The van der Waals surface area contributed by atoms with E-state index in [1.807, 2.05) is 0 Å². The molecule has 0 amide bonds. The van der Waals surface area contributed by atoms with Crippen LogP contribution < -0.4 is 9.80 Å². The lowest BCUT2D eigenvalue weighted by Crippen LogP contribution is -2.26. The van der Waals surface area contributed by atoms with Gasteiger partial charge in [0.15, 0.2) is 0 Å². The van der Waals surface area contributed by atoms with Gasteiger partial charge in [0, 0.05) is 34.1 Å². The predicted octanol–water partition coefficient (Wildman–Crippen LogP) is 25.1. The van der Waals surface area contributed by atoms with Crippen LogP contribution in [0.1, 0.15) is 72.3 Å². The first-order valence-electron chi connectivity index (χ1n) is 34.2. The number of rotatable bonds is 7. The third kappa shape index (κ3) is 7.67. The first kappa shape index (κ1) is 55.6. The van der Waals surface area contributed by atoms with Crippen LogP contribution in [-0.4, -0.2) is 0 Å². The van der Waals surface area contributed by atoms with Gasteiger partial charge in [0.1, 0.15) is 0 Å². The maximum Gasteiger partial charge on any atom is 0.0731 e. The molecule has 4 aliphatic carbocycles. The summed E-state index contributed by atoms with van der Waals surface area (Å²) in [6.07, 6.45) is 0. The van der Waals surface area contributed by atoms with E-state index in [9.17, 15) is 0 Å². The molecule has 0 atom stereocenters. The van der Waals surface area contributed by atoms with Crippen molar-refractivity contribution in [2.75, 3.05) is 9.80 Å². The topological polar surface area (TPSA) is 6.48 Å². The molecule has 0 unspecified atom stereocenters. The summed E-state index contributed by atoms with van der Waals surface area (Å²) < 4.78 is 0. The minimum atomic E-state index is -0.594. The summed E-state index contributed by atoms with van der Waals surface area (Å²) in [4.78, 5) is 4.94. The smallest absolute Gasteiger partial charge is 0.0731 e. The summed E-state index contributed by atoms with van der Waals surface area (Å²) in [5, 5.41) is 9.94. The Kier molecular flexibility index (Phi) is 11.8. The number of nitrogens with zero attached hydrogens (tertiary/aromatic N) is 2. The molecule has 0 saturated heterocycles. The van der Waals surface area contributed by atoms with Gasteiger partial charge in [-0.1, -0.05) is 218 Å². The molecule has 16 aromatic carbocycles. The number of benzene rings is 16. The highest BCUT2D eigenvalue weighted by Gasteiger charge is 2.54. The first-order chi connectivity index (χ1) is 47.6. The van der Waals surface area contributed by atoms with E-state index in [0.717, 1.165) is 34.1 Å². The maximum atomic E-state index is 2.55. The van der Waals surface area contributed by atoms with Crippen LogP contribution in [0.3, 0.4) is 0 Å². The van der Waals surface area contributed by atoms with Gasteiger partial charge in [0.05, 0.1) is 10.8 Å². The zero-order valence-electron chi connectivity index (χ0n) is 54.8.